The maximum absolute atomic E-state index is 14.7. The van der Waals surface area contributed by atoms with Gasteiger partial charge in [0.2, 0.25) is 21.8 Å². The number of rotatable bonds is 14. The van der Waals surface area contributed by atoms with Gasteiger partial charge in [0, 0.05) is 37.5 Å². The lowest BCUT2D eigenvalue weighted by atomic mass is 10.0. The highest BCUT2D eigenvalue weighted by Crippen LogP contribution is 2.23. The zero-order chi connectivity index (χ0) is 30.0. The monoisotopic (exact) mass is 585 g/mol. The highest BCUT2D eigenvalue weighted by Gasteiger charge is 2.31. The molecule has 0 saturated heterocycles. The third kappa shape index (κ3) is 9.11. The van der Waals surface area contributed by atoms with E-state index >= 15 is 0 Å². The summed E-state index contributed by atoms with van der Waals surface area (Å²) < 4.78 is 55.0. The van der Waals surface area contributed by atoms with Gasteiger partial charge in [-0.25, -0.2) is 17.2 Å². The molecule has 0 unspecified atom stereocenters. The summed E-state index contributed by atoms with van der Waals surface area (Å²) in [7, 11) is -3.84. The molecule has 1 N–H and O–H groups in total. The SMILES string of the molecule is CC[C@H](C)NC(=O)[C@H](Cc1ccccc1)N(Cc1ccccc1F)C(=O)CCCN(c1ccccc1F)S(C)(=O)=O. The summed E-state index contributed by atoms with van der Waals surface area (Å²) in [5.74, 6) is -2.02. The number of hydrogen-bond donors (Lipinski definition) is 1. The fourth-order valence-electron chi connectivity index (χ4n) is 4.44. The van der Waals surface area contributed by atoms with E-state index in [1.807, 2.05) is 44.2 Å². The highest BCUT2D eigenvalue weighted by atomic mass is 32.2. The first kappa shape index (κ1) is 31.7. The predicted molar refractivity (Wildman–Crippen MR) is 157 cm³/mol. The van der Waals surface area contributed by atoms with Crippen LogP contribution < -0.4 is 9.62 Å². The number of anilines is 1. The molecule has 3 aromatic rings. The van der Waals surface area contributed by atoms with Crippen molar-refractivity contribution in [3.8, 4) is 0 Å². The van der Waals surface area contributed by atoms with E-state index < -0.39 is 33.6 Å². The molecule has 0 spiro atoms. The Morgan fingerprint density at radius 1 is 0.902 bits per heavy atom. The van der Waals surface area contributed by atoms with Crippen molar-refractivity contribution < 1.29 is 26.8 Å². The van der Waals surface area contributed by atoms with Gasteiger partial charge in [0.05, 0.1) is 11.9 Å². The number of halogens is 2. The largest absolute Gasteiger partial charge is 0.352 e. The van der Waals surface area contributed by atoms with Gasteiger partial charge < -0.3 is 10.2 Å². The van der Waals surface area contributed by atoms with Crippen LogP contribution in [0.1, 0.15) is 44.2 Å². The minimum Gasteiger partial charge on any atom is -0.352 e. The molecule has 0 radical (unpaired) electrons. The van der Waals surface area contributed by atoms with E-state index in [4.69, 9.17) is 0 Å². The molecule has 41 heavy (non-hydrogen) atoms. The lowest BCUT2D eigenvalue weighted by Crippen LogP contribution is -2.52. The third-order valence-corrected chi connectivity index (χ3v) is 8.02. The van der Waals surface area contributed by atoms with Gasteiger partial charge >= 0.3 is 0 Å². The minimum absolute atomic E-state index is 0.0546. The van der Waals surface area contributed by atoms with Crippen molar-refractivity contribution in [3.05, 3.63) is 102 Å². The van der Waals surface area contributed by atoms with Gasteiger partial charge in [0.1, 0.15) is 17.7 Å². The number of nitrogens with zero attached hydrogens (tertiary/aromatic N) is 2. The van der Waals surface area contributed by atoms with Gasteiger partial charge in [0.25, 0.3) is 0 Å². The summed E-state index contributed by atoms with van der Waals surface area (Å²) in [6.07, 6.45) is 1.77. The Balaban J connectivity index is 1.91. The smallest absolute Gasteiger partial charge is 0.243 e. The van der Waals surface area contributed by atoms with E-state index in [-0.39, 0.29) is 55.6 Å². The summed E-state index contributed by atoms with van der Waals surface area (Å²) in [6.45, 7) is 3.49. The predicted octanol–water partition coefficient (Wildman–Crippen LogP) is 5.07. The molecule has 0 heterocycles. The maximum atomic E-state index is 14.7. The van der Waals surface area contributed by atoms with Crippen molar-refractivity contribution in [2.75, 3.05) is 17.1 Å². The van der Waals surface area contributed by atoms with Crippen LogP contribution >= 0.6 is 0 Å². The molecule has 0 aliphatic rings. The molecule has 7 nitrogen and oxygen atoms in total. The molecular weight excluding hydrogens is 548 g/mol. The van der Waals surface area contributed by atoms with Crippen LogP contribution in [-0.4, -0.2) is 50.0 Å². The number of sulfonamides is 1. The molecule has 0 aliphatic heterocycles. The number of hydrogen-bond acceptors (Lipinski definition) is 4. The number of amides is 2. The van der Waals surface area contributed by atoms with Crippen molar-refractivity contribution >= 4 is 27.5 Å². The maximum Gasteiger partial charge on any atom is 0.243 e. The first-order chi connectivity index (χ1) is 19.5. The number of nitrogens with one attached hydrogen (secondary N) is 1. The van der Waals surface area contributed by atoms with Crippen LogP contribution in [0.25, 0.3) is 0 Å². The van der Waals surface area contributed by atoms with E-state index in [0.717, 1.165) is 16.1 Å². The summed E-state index contributed by atoms with van der Waals surface area (Å²) >= 11 is 0. The molecule has 0 aromatic heterocycles. The average molecular weight is 586 g/mol. The Bertz CT molecular complexity index is 1420. The summed E-state index contributed by atoms with van der Waals surface area (Å²) in [5, 5.41) is 2.95. The Morgan fingerprint density at radius 3 is 2.12 bits per heavy atom. The van der Waals surface area contributed by atoms with Gasteiger partial charge in [-0.2, -0.15) is 0 Å². The fraction of sp³-hybridized carbons (Fsp3) is 0.355. The Labute approximate surface area is 241 Å². The van der Waals surface area contributed by atoms with Crippen molar-refractivity contribution in [1.29, 1.82) is 0 Å². The first-order valence-electron chi connectivity index (χ1n) is 13.6. The van der Waals surface area contributed by atoms with Crippen LogP contribution in [-0.2, 0) is 32.6 Å². The summed E-state index contributed by atoms with van der Waals surface area (Å²) in [6, 6.07) is 19.7. The highest BCUT2D eigenvalue weighted by molar-refractivity contribution is 7.92. The second-order valence-corrected chi connectivity index (χ2v) is 11.9. The number of carbonyl (C=O) groups excluding carboxylic acids is 2. The Kier molecular flexibility index (Phi) is 11.4. The molecule has 3 aromatic carbocycles. The van der Waals surface area contributed by atoms with Crippen molar-refractivity contribution in [2.24, 2.45) is 0 Å². The summed E-state index contributed by atoms with van der Waals surface area (Å²) in [4.78, 5) is 28.7. The van der Waals surface area contributed by atoms with Gasteiger partial charge in [0.15, 0.2) is 0 Å². The van der Waals surface area contributed by atoms with Crippen molar-refractivity contribution in [1.82, 2.24) is 10.2 Å². The minimum atomic E-state index is -3.84. The molecule has 0 bridgehead atoms. The van der Waals surface area contributed by atoms with Gasteiger partial charge in [-0.3, -0.25) is 13.9 Å². The zero-order valence-corrected chi connectivity index (χ0v) is 24.4. The van der Waals surface area contributed by atoms with Crippen LogP contribution in [0.3, 0.4) is 0 Å². The second kappa shape index (κ2) is 14.7. The molecule has 3 rings (SSSR count). The summed E-state index contributed by atoms with van der Waals surface area (Å²) in [5.41, 5.74) is 0.964. The molecule has 2 atom stereocenters. The second-order valence-electron chi connectivity index (χ2n) is 10.0. The van der Waals surface area contributed by atoms with E-state index in [1.54, 1.807) is 18.2 Å². The molecule has 10 heteroatoms. The van der Waals surface area contributed by atoms with Crippen LogP contribution in [0.4, 0.5) is 14.5 Å². The van der Waals surface area contributed by atoms with Crippen molar-refractivity contribution in [2.45, 2.75) is 58.2 Å². The van der Waals surface area contributed by atoms with E-state index in [0.29, 0.717) is 6.42 Å². The van der Waals surface area contributed by atoms with Crippen LogP contribution in [0, 0.1) is 11.6 Å². The Morgan fingerprint density at radius 2 is 1.51 bits per heavy atom. The van der Waals surface area contributed by atoms with Crippen LogP contribution in [0.2, 0.25) is 0 Å². The van der Waals surface area contributed by atoms with Gasteiger partial charge in [-0.05, 0) is 43.5 Å². The van der Waals surface area contributed by atoms with E-state index in [1.165, 1.54) is 35.2 Å². The lowest BCUT2D eigenvalue weighted by molar-refractivity contribution is -0.141. The molecule has 220 valence electrons. The van der Waals surface area contributed by atoms with Crippen LogP contribution in [0.5, 0.6) is 0 Å². The topological polar surface area (TPSA) is 86.8 Å². The van der Waals surface area contributed by atoms with Gasteiger partial charge in [-0.1, -0.05) is 67.6 Å². The lowest BCUT2D eigenvalue weighted by Gasteiger charge is -2.33. The molecular formula is C31H37F2N3O4S. The third-order valence-electron chi connectivity index (χ3n) is 6.84. The number of carbonyl (C=O) groups is 2. The average Bonchev–Trinajstić information content (AvgIpc) is 2.94. The first-order valence-corrected chi connectivity index (χ1v) is 15.5. The standard InChI is InChI=1S/C31H37F2N3O4S/c1-4-23(2)34-31(38)29(21-24-13-6-5-7-14-24)35(22-25-15-8-9-16-26(25)32)30(37)19-12-20-36(41(3,39)40)28-18-11-10-17-27(28)33/h5-11,13-18,23,29H,4,12,19-22H2,1-3H3,(H,34,38)/t23-,29-/m0/s1. The van der Waals surface area contributed by atoms with E-state index in [2.05, 4.69) is 5.32 Å². The van der Waals surface area contributed by atoms with Crippen molar-refractivity contribution in [3.63, 3.8) is 0 Å². The quantitative estimate of drug-likeness (QED) is 0.286. The molecule has 0 aliphatic carbocycles. The molecule has 2 amide bonds. The normalized spacial score (nSPS) is 12.8. The van der Waals surface area contributed by atoms with E-state index in [9.17, 15) is 26.8 Å². The number of benzene rings is 3. The fourth-order valence-corrected chi connectivity index (χ4v) is 5.41. The van der Waals surface area contributed by atoms with Gasteiger partial charge in [-0.15, -0.1) is 0 Å². The zero-order valence-electron chi connectivity index (χ0n) is 23.6. The number of para-hydroxylation sites is 1. The molecule has 0 saturated carbocycles. The molecule has 0 fully saturated rings. The van der Waals surface area contributed by atoms with Crippen LogP contribution in [0.15, 0.2) is 78.9 Å². The Hall–Kier alpha value is -3.79.